The fourth-order valence-corrected chi connectivity index (χ4v) is 2.27. The molecule has 0 aliphatic carbocycles. The number of carboxylic acids is 1. The number of aromatic nitrogens is 2. The predicted octanol–water partition coefficient (Wildman–Crippen LogP) is 2.71. The second-order valence-corrected chi connectivity index (χ2v) is 5.46. The molecule has 0 bridgehead atoms. The molecule has 138 valence electrons. The minimum absolute atomic E-state index is 0.362. The Labute approximate surface area is 146 Å². The Morgan fingerprint density at radius 1 is 1.23 bits per heavy atom. The molecule has 0 unspecified atom stereocenters. The molecule has 7 nitrogen and oxygen atoms in total. The van der Waals surface area contributed by atoms with E-state index >= 15 is 0 Å². The molecule has 0 atom stereocenters. The first-order valence-corrected chi connectivity index (χ1v) is 7.66. The minimum atomic E-state index is -5.08. The van der Waals surface area contributed by atoms with E-state index < -0.39 is 12.1 Å². The SMILES string of the molecule is N#Cc1ccc(-c2nnc(C3CCNCC3)o2)cc1.O=C(O)C(F)(F)F. The lowest BCUT2D eigenvalue weighted by Crippen LogP contribution is -2.26. The molecule has 0 radical (unpaired) electrons. The highest BCUT2D eigenvalue weighted by atomic mass is 19.4. The number of carbonyl (C=O) groups is 1. The normalized spacial score (nSPS) is 14.8. The number of carboxylic acid groups (broad SMARTS) is 1. The lowest BCUT2D eigenvalue weighted by molar-refractivity contribution is -0.192. The maximum Gasteiger partial charge on any atom is 0.490 e. The zero-order valence-electron chi connectivity index (χ0n) is 13.5. The molecular weight excluding hydrogens is 353 g/mol. The Hall–Kier alpha value is -2.93. The van der Waals surface area contributed by atoms with E-state index in [0.717, 1.165) is 37.4 Å². The highest BCUT2D eigenvalue weighted by Crippen LogP contribution is 2.27. The average Bonchev–Trinajstić information content (AvgIpc) is 3.12. The highest BCUT2D eigenvalue weighted by Gasteiger charge is 2.38. The molecule has 3 rings (SSSR count). The number of benzene rings is 1. The first-order valence-electron chi connectivity index (χ1n) is 7.66. The van der Waals surface area contributed by atoms with E-state index in [2.05, 4.69) is 21.6 Å². The van der Waals surface area contributed by atoms with Crippen molar-refractivity contribution in [2.24, 2.45) is 0 Å². The van der Waals surface area contributed by atoms with E-state index in [1.54, 1.807) is 12.1 Å². The van der Waals surface area contributed by atoms with Crippen LogP contribution in [0, 0.1) is 11.3 Å². The van der Waals surface area contributed by atoms with E-state index in [-0.39, 0.29) is 0 Å². The van der Waals surface area contributed by atoms with Crippen molar-refractivity contribution < 1.29 is 27.5 Å². The van der Waals surface area contributed by atoms with Crippen LogP contribution in [0.4, 0.5) is 13.2 Å². The van der Waals surface area contributed by atoms with Crippen LogP contribution in [0.5, 0.6) is 0 Å². The Kier molecular flexibility index (Phi) is 6.30. The van der Waals surface area contributed by atoms with Crippen LogP contribution in [-0.2, 0) is 4.79 Å². The fourth-order valence-electron chi connectivity index (χ4n) is 2.27. The summed E-state index contributed by atoms with van der Waals surface area (Å²) in [6.07, 6.45) is -3.01. The Balaban J connectivity index is 0.000000298. The Morgan fingerprint density at radius 2 is 1.81 bits per heavy atom. The molecule has 2 aromatic rings. The van der Waals surface area contributed by atoms with Gasteiger partial charge in [0.15, 0.2) is 0 Å². The minimum Gasteiger partial charge on any atom is -0.475 e. The summed E-state index contributed by atoms with van der Waals surface area (Å²) in [6.45, 7) is 2.00. The number of rotatable bonds is 2. The van der Waals surface area contributed by atoms with Gasteiger partial charge in [0.1, 0.15) is 0 Å². The van der Waals surface area contributed by atoms with Crippen LogP contribution >= 0.6 is 0 Å². The van der Waals surface area contributed by atoms with Gasteiger partial charge in [-0.2, -0.15) is 18.4 Å². The van der Waals surface area contributed by atoms with Crippen molar-refractivity contribution in [2.75, 3.05) is 13.1 Å². The van der Waals surface area contributed by atoms with Gasteiger partial charge in [-0.1, -0.05) is 0 Å². The molecule has 2 heterocycles. The Bertz CT molecular complexity index is 775. The van der Waals surface area contributed by atoms with E-state index in [1.165, 1.54) is 0 Å². The number of hydrogen-bond donors (Lipinski definition) is 2. The number of alkyl halides is 3. The van der Waals surface area contributed by atoms with Crippen LogP contribution in [-0.4, -0.2) is 40.5 Å². The van der Waals surface area contributed by atoms with E-state index in [1.807, 2.05) is 12.1 Å². The van der Waals surface area contributed by atoms with Gasteiger partial charge < -0.3 is 14.8 Å². The summed E-state index contributed by atoms with van der Waals surface area (Å²) < 4.78 is 37.5. The van der Waals surface area contributed by atoms with Gasteiger partial charge >= 0.3 is 12.1 Å². The number of nitrogens with one attached hydrogen (secondary N) is 1. The van der Waals surface area contributed by atoms with Crippen LogP contribution < -0.4 is 5.32 Å². The van der Waals surface area contributed by atoms with Crippen LogP contribution in [0.15, 0.2) is 28.7 Å². The predicted molar refractivity (Wildman–Crippen MR) is 83.0 cm³/mol. The maximum absolute atomic E-state index is 10.6. The average molecular weight is 368 g/mol. The van der Waals surface area contributed by atoms with Crippen molar-refractivity contribution in [2.45, 2.75) is 24.9 Å². The zero-order chi connectivity index (χ0) is 19.2. The smallest absolute Gasteiger partial charge is 0.475 e. The lowest BCUT2D eigenvalue weighted by Gasteiger charge is -2.18. The molecular formula is C16H15F3N4O3. The van der Waals surface area contributed by atoms with Gasteiger partial charge in [-0.15, -0.1) is 10.2 Å². The molecule has 0 spiro atoms. The third-order valence-corrected chi connectivity index (χ3v) is 3.63. The summed E-state index contributed by atoms with van der Waals surface area (Å²) in [7, 11) is 0. The van der Waals surface area contributed by atoms with Crippen LogP contribution in [0.25, 0.3) is 11.5 Å². The molecule has 1 aromatic carbocycles. The molecule has 26 heavy (non-hydrogen) atoms. The maximum atomic E-state index is 10.6. The summed E-state index contributed by atoms with van der Waals surface area (Å²) >= 11 is 0. The fraction of sp³-hybridized carbons (Fsp3) is 0.375. The molecule has 0 saturated carbocycles. The summed E-state index contributed by atoms with van der Waals surface area (Å²) in [6, 6.07) is 9.26. The molecule has 2 N–H and O–H groups in total. The molecule has 10 heteroatoms. The standard InChI is InChI=1S/C14H14N4O.C2HF3O2/c15-9-10-1-3-11(4-2-10)13-17-18-14(19-13)12-5-7-16-8-6-12;3-2(4,5)1(6)7/h1-4,12,16H,5-8H2;(H,6,7). The molecule has 1 aromatic heterocycles. The zero-order valence-corrected chi connectivity index (χ0v) is 13.5. The van der Waals surface area contributed by atoms with Crippen molar-refractivity contribution in [3.05, 3.63) is 35.7 Å². The summed E-state index contributed by atoms with van der Waals surface area (Å²) in [4.78, 5) is 8.90. The van der Waals surface area contributed by atoms with Crippen molar-refractivity contribution in [3.8, 4) is 17.5 Å². The van der Waals surface area contributed by atoms with Crippen LogP contribution in [0.2, 0.25) is 0 Å². The van der Waals surface area contributed by atoms with E-state index in [9.17, 15) is 13.2 Å². The molecule has 1 aliphatic heterocycles. The summed E-state index contributed by atoms with van der Waals surface area (Å²) in [5.74, 6) is -1.15. The number of nitriles is 1. The third kappa shape index (κ3) is 5.29. The molecule has 1 aliphatic rings. The van der Waals surface area contributed by atoms with Crippen LogP contribution in [0.1, 0.15) is 30.2 Å². The van der Waals surface area contributed by atoms with Crippen LogP contribution in [0.3, 0.4) is 0 Å². The molecule has 0 amide bonds. The lowest BCUT2D eigenvalue weighted by atomic mass is 9.98. The van der Waals surface area contributed by atoms with Gasteiger partial charge in [-0.3, -0.25) is 0 Å². The van der Waals surface area contributed by atoms with Crippen molar-refractivity contribution in [3.63, 3.8) is 0 Å². The molecule has 1 saturated heterocycles. The third-order valence-electron chi connectivity index (χ3n) is 3.63. The first kappa shape index (κ1) is 19.4. The summed E-state index contributed by atoms with van der Waals surface area (Å²) in [5.41, 5.74) is 1.48. The monoisotopic (exact) mass is 368 g/mol. The summed E-state index contributed by atoms with van der Waals surface area (Å²) in [5, 5.41) is 27.5. The van der Waals surface area contributed by atoms with Gasteiger partial charge in [-0.05, 0) is 50.2 Å². The van der Waals surface area contributed by atoms with Gasteiger partial charge in [0.2, 0.25) is 11.8 Å². The van der Waals surface area contributed by atoms with Crippen molar-refractivity contribution >= 4 is 5.97 Å². The quantitative estimate of drug-likeness (QED) is 0.838. The van der Waals surface area contributed by atoms with Crippen molar-refractivity contribution in [1.29, 1.82) is 5.26 Å². The Morgan fingerprint density at radius 3 is 2.31 bits per heavy atom. The topological polar surface area (TPSA) is 112 Å². The number of nitrogens with zero attached hydrogens (tertiary/aromatic N) is 3. The molecule has 1 fully saturated rings. The van der Waals surface area contributed by atoms with E-state index in [0.29, 0.717) is 17.4 Å². The first-order chi connectivity index (χ1) is 12.3. The second kappa shape index (κ2) is 8.44. The second-order valence-electron chi connectivity index (χ2n) is 5.46. The van der Waals surface area contributed by atoms with Gasteiger partial charge in [0.05, 0.1) is 11.6 Å². The van der Waals surface area contributed by atoms with Gasteiger partial charge in [0, 0.05) is 11.5 Å². The number of halogens is 3. The van der Waals surface area contributed by atoms with Crippen molar-refractivity contribution in [1.82, 2.24) is 15.5 Å². The van der Waals surface area contributed by atoms with E-state index in [4.69, 9.17) is 19.6 Å². The van der Waals surface area contributed by atoms with Gasteiger partial charge in [0.25, 0.3) is 0 Å². The number of piperidine rings is 1. The number of aliphatic carboxylic acids is 1. The largest absolute Gasteiger partial charge is 0.490 e. The highest BCUT2D eigenvalue weighted by molar-refractivity contribution is 5.73. The van der Waals surface area contributed by atoms with Gasteiger partial charge in [-0.25, -0.2) is 4.79 Å². The number of hydrogen-bond acceptors (Lipinski definition) is 6.